The van der Waals surface area contributed by atoms with Crippen LogP contribution >= 0.6 is 11.8 Å². The number of likely N-dealkylation sites (tertiary alicyclic amines) is 1. The van der Waals surface area contributed by atoms with E-state index in [1.807, 2.05) is 47.6 Å². The van der Waals surface area contributed by atoms with Crippen LogP contribution in [0.4, 0.5) is 0 Å². The highest BCUT2D eigenvalue weighted by Gasteiger charge is 2.27. The molecule has 0 N–H and O–H groups in total. The molecule has 0 spiro atoms. The number of methoxy groups -OCH3 is 1. The number of imidazole rings is 1. The van der Waals surface area contributed by atoms with Crippen molar-refractivity contribution >= 4 is 17.7 Å². The molecule has 5 nitrogen and oxygen atoms in total. The van der Waals surface area contributed by atoms with Crippen molar-refractivity contribution < 1.29 is 9.53 Å². The number of nitrogens with zero attached hydrogens (tertiary/aromatic N) is 3. The van der Waals surface area contributed by atoms with Gasteiger partial charge in [0.2, 0.25) is 5.91 Å². The average molecular weight is 359 g/mol. The fourth-order valence-corrected chi connectivity index (χ4v) is 4.05. The lowest BCUT2D eigenvalue weighted by molar-refractivity contribution is -0.129. The molecule has 1 aromatic heterocycles. The van der Waals surface area contributed by atoms with Crippen LogP contribution < -0.4 is 0 Å². The molecule has 6 heteroatoms. The van der Waals surface area contributed by atoms with Crippen molar-refractivity contribution in [2.24, 2.45) is 0 Å². The maximum absolute atomic E-state index is 12.6. The number of carbonyl (C=O) groups excluding carboxylic acids is 1. The van der Waals surface area contributed by atoms with Crippen molar-refractivity contribution in [2.75, 3.05) is 32.6 Å². The molecule has 2 heterocycles. The van der Waals surface area contributed by atoms with Gasteiger partial charge in [-0.1, -0.05) is 18.2 Å². The number of rotatable bonds is 7. The van der Waals surface area contributed by atoms with Crippen LogP contribution in [0.15, 0.2) is 47.6 Å². The molecular formula is C19H25N3O2S. The van der Waals surface area contributed by atoms with E-state index in [-0.39, 0.29) is 5.91 Å². The van der Waals surface area contributed by atoms with Gasteiger partial charge in [0.15, 0.2) is 0 Å². The Morgan fingerprint density at radius 1 is 1.36 bits per heavy atom. The van der Waals surface area contributed by atoms with Gasteiger partial charge >= 0.3 is 0 Å². The molecule has 25 heavy (non-hydrogen) atoms. The van der Waals surface area contributed by atoms with Gasteiger partial charge in [0, 0.05) is 50.0 Å². The van der Waals surface area contributed by atoms with Crippen LogP contribution in [0.1, 0.15) is 24.6 Å². The van der Waals surface area contributed by atoms with E-state index < -0.39 is 0 Å². The Kier molecular flexibility index (Phi) is 6.53. The third kappa shape index (κ3) is 4.86. The zero-order valence-corrected chi connectivity index (χ0v) is 15.5. The summed E-state index contributed by atoms with van der Waals surface area (Å²) >= 11 is 1.61. The second-order valence-electron chi connectivity index (χ2n) is 6.25. The Hall–Kier alpha value is -1.79. The quantitative estimate of drug-likeness (QED) is 0.713. The first-order valence-corrected chi connectivity index (χ1v) is 9.72. The predicted octanol–water partition coefficient (Wildman–Crippen LogP) is 3.03. The first-order chi connectivity index (χ1) is 12.3. The Bertz CT molecular complexity index is 674. The molecule has 2 aromatic rings. The monoisotopic (exact) mass is 359 g/mol. The second kappa shape index (κ2) is 9.06. The van der Waals surface area contributed by atoms with Gasteiger partial charge < -0.3 is 14.2 Å². The Morgan fingerprint density at radius 3 is 3.00 bits per heavy atom. The first-order valence-electron chi connectivity index (χ1n) is 8.73. The van der Waals surface area contributed by atoms with Crippen LogP contribution in [0.3, 0.4) is 0 Å². The number of piperidine rings is 1. The molecule has 1 fully saturated rings. The second-order valence-corrected chi connectivity index (χ2v) is 7.30. The summed E-state index contributed by atoms with van der Waals surface area (Å²) in [5.41, 5.74) is 0. The molecule has 1 saturated heterocycles. The van der Waals surface area contributed by atoms with Crippen LogP contribution in [-0.4, -0.2) is 52.9 Å². The molecule has 0 saturated carbocycles. The minimum absolute atomic E-state index is 0.216. The van der Waals surface area contributed by atoms with E-state index in [1.165, 1.54) is 0 Å². The minimum atomic E-state index is 0.216. The fraction of sp³-hybridized carbons (Fsp3) is 0.474. The van der Waals surface area contributed by atoms with Gasteiger partial charge in [-0.05, 0) is 25.0 Å². The lowest BCUT2D eigenvalue weighted by atomic mass is 9.97. The molecule has 0 unspecified atom stereocenters. The van der Waals surface area contributed by atoms with Gasteiger partial charge in [0.1, 0.15) is 5.82 Å². The van der Waals surface area contributed by atoms with Crippen LogP contribution in [0.2, 0.25) is 0 Å². The summed E-state index contributed by atoms with van der Waals surface area (Å²) in [5, 5.41) is 0. The zero-order chi connectivity index (χ0) is 17.5. The lowest BCUT2D eigenvalue weighted by Crippen LogP contribution is -2.40. The number of amides is 1. The summed E-state index contributed by atoms with van der Waals surface area (Å²) in [6, 6.07) is 10.1. The molecule has 1 atom stereocenters. The molecule has 0 aliphatic carbocycles. The van der Waals surface area contributed by atoms with Crippen molar-refractivity contribution in [3.63, 3.8) is 0 Å². The maximum atomic E-state index is 12.6. The molecule has 3 rings (SSSR count). The molecule has 1 aliphatic rings. The predicted molar refractivity (Wildman–Crippen MR) is 99.8 cm³/mol. The molecule has 1 aliphatic heterocycles. The number of ether oxygens (including phenoxy) is 1. The number of hydrogen-bond donors (Lipinski definition) is 0. The fourth-order valence-electron chi connectivity index (χ4n) is 3.23. The SMILES string of the molecule is COCCn1ccnc1[C@@H]1CCCN(C(=O)CSc2ccccc2)C1. The largest absolute Gasteiger partial charge is 0.383 e. The van der Waals surface area contributed by atoms with E-state index in [4.69, 9.17) is 4.74 Å². The molecular weight excluding hydrogens is 334 g/mol. The zero-order valence-electron chi connectivity index (χ0n) is 14.6. The summed E-state index contributed by atoms with van der Waals surface area (Å²) in [5.74, 6) is 2.10. The smallest absolute Gasteiger partial charge is 0.232 e. The standard InChI is InChI=1S/C19H25N3O2S/c1-24-13-12-21-11-9-20-19(21)16-6-5-10-22(14-16)18(23)15-25-17-7-3-2-4-8-17/h2-4,7-9,11,16H,5-6,10,12-15H2,1H3/t16-/m1/s1. The van der Waals surface area contributed by atoms with E-state index in [1.54, 1.807) is 18.9 Å². The van der Waals surface area contributed by atoms with Crippen LogP contribution in [0, 0.1) is 0 Å². The van der Waals surface area contributed by atoms with Gasteiger partial charge in [-0.3, -0.25) is 4.79 Å². The Balaban J connectivity index is 1.57. The van der Waals surface area contributed by atoms with Gasteiger partial charge in [-0.15, -0.1) is 11.8 Å². The highest BCUT2D eigenvalue weighted by molar-refractivity contribution is 8.00. The minimum Gasteiger partial charge on any atom is -0.383 e. The van der Waals surface area contributed by atoms with Crippen molar-refractivity contribution in [3.8, 4) is 0 Å². The van der Waals surface area contributed by atoms with E-state index in [2.05, 4.69) is 9.55 Å². The van der Waals surface area contributed by atoms with Crippen LogP contribution in [0.5, 0.6) is 0 Å². The highest BCUT2D eigenvalue weighted by Crippen LogP contribution is 2.27. The van der Waals surface area contributed by atoms with Crippen molar-refractivity contribution in [3.05, 3.63) is 48.5 Å². The van der Waals surface area contributed by atoms with Gasteiger partial charge in [-0.25, -0.2) is 4.98 Å². The van der Waals surface area contributed by atoms with Gasteiger partial charge in [0.25, 0.3) is 0 Å². The summed E-state index contributed by atoms with van der Waals surface area (Å²) in [4.78, 5) is 20.3. The van der Waals surface area contributed by atoms with E-state index >= 15 is 0 Å². The molecule has 0 bridgehead atoms. The highest BCUT2D eigenvalue weighted by atomic mass is 32.2. The van der Waals surface area contributed by atoms with Crippen LogP contribution in [-0.2, 0) is 16.1 Å². The third-order valence-electron chi connectivity index (χ3n) is 4.53. The number of aromatic nitrogens is 2. The Morgan fingerprint density at radius 2 is 2.20 bits per heavy atom. The van der Waals surface area contributed by atoms with Crippen molar-refractivity contribution in [1.82, 2.24) is 14.5 Å². The summed E-state index contributed by atoms with van der Waals surface area (Å²) in [7, 11) is 1.71. The van der Waals surface area contributed by atoms with E-state index in [9.17, 15) is 4.79 Å². The molecule has 0 radical (unpaired) electrons. The number of hydrogen-bond acceptors (Lipinski definition) is 4. The van der Waals surface area contributed by atoms with Gasteiger partial charge in [-0.2, -0.15) is 0 Å². The van der Waals surface area contributed by atoms with E-state index in [0.29, 0.717) is 18.3 Å². The average Bonchev–Trinajstić information content (AvgIpc) is 3.14. The van der Waals surface area contributed by atoms with Gasteiger partial charge in [0.05, 0.1) is 12.4 Å². The summed E-state index contributed by atoms with van der Waals surface area (Å²) in [6.07, 6.45) is 5.96. The molecule has 1 aromatic carbocycles. The number of benzene rings is 1. The lowest BCUT2D eigenvalue weighted by Gasteiger charge is -2.32. The Labute approximate surface area is 153 Å². The van der Waals surface area contributed by atoms with Crippen LogP contribution in [0.25, 0.3) is 0 Å². The third-order valence-corrected chi connectivity index (χ3v) is 5.53. The maximum Gasteiger partial charge on any atom is 0.232 e. The number of thioether (sulfide) groups is 1. The van der Waals surface area contributed by atoms with Crippen molar-refractivity contribution in [1.29, 1.82) is 0 Å². The van der Waals surface area contributed by atoms with Crippen molar-refractivity contribution in [2.45, 2.75) is 30.2 Å². The molecule has 1 amide bonds. The normalized spacial score (nSPS) is 17.6. The summed E-state index contributed by atoms with van der Waals surface area (Å²) < 4.78 is 7.33. The van der Waals surface area contributed by atoms with E-state index in [0.717, 1.165) is 43.2 Å². The number of carbonyl (C=O) groups is 1. The first kappa shape index (κ1) is 18.0. The topological polar surface area (TPSA) is 47.4 Å². The molecule has 134 valence electrons. The summed E-state index contributed by atoms with van der Waals surface area (Å²) in [6.45, 7) is 3.09.